The van der Waals surface area contributed by atoms with E-state index in [-0.39, 0.29) is 0 Å². The van der Waals surface area contributed by atoms with Gasteiger partial charge in [0.1, 0.15) is 12.4 Å². The molecule has 2 amide bonds. The maximum Gasteiger partial charge on any atom is 0.329 e. The molecule has 0 aliphatic rings. The van der Waals surface area contributed by atoms with E-state index in [1.165, 1.54) is 6.21 Å². The van der Waals surface area contributed by atoms with Crippen molar-refractivity contribution in [2.24, 2.45) is 5.10 Å². The van der Waals surface area contributed by atoms with Crippen molar-refractivity contribution in [1.29, 1.82) is 0 Å². The number of amides is 2. The molecule has 0 bridgehead atoms. The van der Waals surface area contributed by atoms with Gasteiger partial charge in [0.2, 0.25) is 0 Å². The van der Waals surface area contributed by atoms with Crippen molar-refractivity contribution in [3.8, 4) is 5.75 Å². The summed E-state index contributed by atoms with van der Waals surface area (Å²) < 4.78 is 6.86. The monoisotopic (exact) mass is 465 g/mol. The SMILES string of the molecule is Cc1cccc(NC(=O)C(=O)N/N=C\c2ccccc2OCc2ccc(Br)cc2)c1. The summed E-state index contributed by atoms with van der Waals surface area (Å²) >= 11 is 3.40. The summed E-state index contributed by atoms with van der Waals surface area (Å²) in [5.74, 6) is -1.04. The van der Waals surface area contributed by atoms with Gasteiger partial charge in [0.15, 0.2) is 0 Å². The third kappa shape index (κ3) is 6.28. The van der Waals surface area contributed by atoms with Crippen molar-refractivity contribution < 1.29 is 14.3 Å². The van der Waals surface area contributed by atoms with Gasteiger partial charge in [-0.2, -0.15) is 5.10 Å². The highest BCUT2D eigenvalue weighted by Gasteiger charge is 2.13. The molecule has 0 fully saturated rings. The maximum atomic E-state index is 12.0. The molecule has 3 rings (SSSR count). The smallest absolute Gasteiger partial charge is 0.329 e. The number of hydrogen-bond acceptors (Lipinski definition) is 4. The first-order chi connectivity index (χ1) is 14.5. The molecule has 2 N–H and O–H groups in total. The third-order valence-corrected chi connectivity index (χ3v) is 4.61. The molecule has 3 aromatic carbocycles. The standard InChI is InChI=1S/C23H20BrN3O3/c1-16-5-4-7-20(13-16)26-22(28)23(29)27-25-14-18-6-2-3-8-21(18)30-15-17-9-11-19(24)12-10-17/h2-14H,15H2,1H3,(H,26,28)(H,27,29)/b25-14-. The summed E-state index contributed by atoms with van der Waals surface area (Å²) in [6, 6.07) is 22.3. The highest BCUT2D eigenvalue weighted by Crippen LogP contribution is 2.18. The number of aryl methyl sites for hydroxylation is 1. The normalized spacial score (nSPS) is 10.6. The van der Waals surface area contributed by atoms with Crippen LogP contribution in [-0.2, 0) is 16.2 Å². The Morgan fingerprint density at radius 1 is 1.00 bits per heavy atom. The van der Waals surface area contributed by atoms with Crippen molar-refractivity contribution in [1.82, 2.24) is 5.43 Å². The van der Waals surface area contributed by atoms with Crippen LogP contribution in [-0.4, -0.2) is 18.0 Å². The lowest BCUT2D eigenvalue weighted by molar-refractivity contribution is -0.136. The second kappa shape index (κ2) is 10.4. The Hall–Kier alpha value is -3.45. The van der Waals surface area contributed by atoms with Crippen molar-refractivity contribution >= 4 is 39.6 Å². The predicted octanol–water partition coefficient (Wildman–Crippen LogP) is 4.43. The molecule has 3 aromatic rings. The Labute approximate surface area is 183 Å². The topological polar surface area (TPSA) is 79.8 Å². The second-order valence-electron chi connectivity index (χ2n) is 6.48. The molecule has 0 radical (unpaired) electrons. The Balaban J connectivity index is 1.57. The van der Waals surface area contributed by atoms with E-state index in [2.05, 4.69) is 31.8 Å². The predicted molar refractivity (Wildman–Crippen MR) is 120 cm³/mol. The Bertz CT molecular complexity index is 1070. The number of carbonyl (C=O) groups excluding carboxylic acids is 2. The van der Waals surface area contributed by atoms with Crippen LogP contribution in [0.3, 0.4) is 0 Å². The molecule has 0 aliphatic heterocycles. The van der Waals surface area contributed by atoms with Crippen LogP contribution in [0.2, 0.25) is 0 Å². The quantitative estimate of drug-likeness (QED) is 0.321. The van der Waals surface area contributed by atoms with Gasteiger partial charge >= 0.3 is 11.8 Å². The van der Waals surface area contributed by atoms with Crippen LogP contribution in [0.25, 0.3) is 0 Å². The van der Waals surface area contributed by atoms with E-state index in [9.17, 15) is 9.59 Å². The molecule has 0 spiro atoms. The number of nitrogens with zero attached hydrogens (tertiary/aromatic N) is 1. The number of rotatable bonds is 6. The molecule has 7 heteroatoms. The lowest BCUT2D eigenvalue weighted by atomic mass is 10.2. The van der Waals surface area contributed by atoms with Gasteiger partial charge < -0.3 is 10.1 Å². The molecule has 152 valence electrons. The van der Waals surface area contributed by atoms with Crippen molar-refractivity contribution in [2.75, 3.05) is 5.32 Å². The maximum absolute atomic E-state index is 12.0. The first-order valence-corrected chi connectivity index (χ1v) is 9.98. The van der Waals surface area contributed by atoms with Crippen LogP contribution < -0.4 is 15.5 Å². The minimum Gasteiger partial charge on any atom is -0.488 e. The number of hydrazone groups is 1. The summed E-state index contributed by atoms with van der Waals surface area (Å²) in [5.41, 5.74) is 5.45. The number of halogens is 1. The fraction of sp³-hybridized carbons (Fsp3) is 0.0870. The zero-order chi connectivity index (χ0) is 21.3. The van der Waals surface area contributed by atoms with Gasteiger partial charge in [-0.05, 0) is 54.4 Å². The minimum absolute atomic E-state index is 0.392. The van der Waals surface area contributed by atoms with Gasteiger partial charge in [-0.25, -0.2) is 5.43 Å². The summed E-state index contributed by atoms with van der Waals surface area (Å²) in [5, 5.41) is 6.41. The molecule has 0 aromatic heterocycles. The first kappa shape index (κ1) is 21.3. The zero-order valence-corrected chi connectivity index (χ0v) is 17.8. The van der Waals surface area contributed by atoms with Gasteiger partial charge in [0.25, 0.3) is 0 Å². The third-order valence-electron chi connectivity index (χ3n) is 4.08. The van der Waals surface area contributed by atoms with Gasteiger partial charge in [-0.15, -0.1) is 0 Å². The molecule has 0 heterocycles. The van der Waals surface area contributed by atoms with Crippen LogP contribution in [0.5, 0.6) is 5.75 Å². The molecule has 0 saturated heterocycles. The van der Waals surface area contributed by atoms with Gasteiger partial charge in [-0.1, -0.05) is 52.3 Å². The highest BCUT2D eigenvalue weighted by atomic mass is 79.9. The van der Waals surface area contributed by atoms with Gasteiger partial charge in [0.05, 0.1) is 6.21 Å². The van der Waals surface area contributed by atoms with E-state index in [0.717, 1.165) is 15.6 Å². The zero-order valence-electron chi connectivity index (χ0n) is 16.3. The second-order valence-corrected chi connectivity index (χ2v) is 7.39. The van der Waals surface area contributed by atoms with E-state index in [1.54, 1.807) is 24.3 Å². The van der Waals surface area contributed by atoms with Crippen LogP contribution >= 0.6 is 15.9 Å². The Morgan fingerprint density at radius 3 is 2.53 bits per heavy atom. The summed E-state index contributed by atoms with van der Waals surface area (Å²) in [6.07, 6.45) is 1.44. The number of carbonyl (C=O) groups is 2. The average molecular weight is 466 g/mol. The fourth-order valence-electron chi connectivity index (χ4n) is 2.58. The van der Waals surface area contributed by atoms with E-state index >= 15 is 0 Å². The number of para-hydroxylation sites is 1. The number of nitrogens with one attached hydrogen (secondary N) is 2. The lowest BCUT2D eigenvalue weighted by Gasteiger charge is -2.09. The molecule has 6 nitrogen and oxygen atoms in total. The fourth-order valence-corrected chi connectivity index (χ4v) is 2.85. The number of hydrogen-bond donors (Lipinski definition) is 2. The first-order valence-electron chi connectivity index (χ1n) is 9.18. The largest absolute Gasteiger partial charge is 0.488 e. The van der Waals surface area contributed by atoms with Crippen LogP contribution in [0, 0.1) is 6.92 Å². The van der Waals surface area contributed by atoms with Crippen LogP contribution in [0.4, 0.5) is 5.69 Å². The van der Waals surface area contributed by atoms with Crippen molar-refractivity contribution in [2.45, 2.75) is 13.5 Å². The summed E-state index contributed by atoms with van der Waals surface area (Å²) in [6.45, 7) is 2.29. The summed E-state index contributed by atoms with van der Waals surface area (Å²) in [7, 11) is 0. The minimum atomic E-state index is -0.860. The molecule has 0 saturated carbocycles. The van der Waals surface area contributed by atoms with E-state index in [4.69, 9.17) is 4.74 Å². The Kier molecular flexibility index (Phi) is 7.34. The lowest BCUT2D eigenvalue weighted by Crippen LogP contribution is -2.32. The molecule has 0 atom stereocenters. The summed E-state index contributed by atoms with van der Waals surface area (Å²) in [4.78, 5) is 24.0. The van der Waals surface area contributed by atoms with E-state index in [0.29, 0.717) is 23.6 Å². The molecular weight excluding hydrogens is 446 g/mol. The van der Waals surface area contributed by atoms with E-state index < -0.39 is 11.8 Å². The van der Waals surface area contributed by atoms with Gasteiger partial charge in [0, 0.05) is 15.7 Å². The molecule has 30 heavy (non-hydrogen) atoms. The number of ether oxygens (including phenoxy) is 1. The number of benzene rings is 3. The van der Waals surface area contributed by atoms with Crippen LogP contribution in [0.1, 0.15) is 16.7 Å². The molecule has 0 aliphatic carbocycles. The van der Waals surface area contributed by atoms with Crippen molar-refractivity contribution in [3.63, 3.8) is 0 Å². The average Bonchev–Trinajstić information content (AvgIpc) is 2.74. The van der Waals surface area contributed by atoms with Crippen molar-refractivity contribution in [3.05, 3.63) is 94.0 Å². The Morgan fingerprint density at radius 2 is 1.77 bits per heavy atom. The highest BCUT2D eigenvalue weighted by molar-refractivity contribution is 9.10. The molecular formula is C23H20BrN3O3. The van der Waals surface area contributed by atoms with Gasteiger partial charge in [-0.3, -0.25) is 9.59 Å². The van der Waals surface area contributed by atoms with E-state index in [1.807, 2.05) is 55.5 Å². The molecule has 0 unspecified atom stereocenters. The number of anilines is 1. The van der Waals surface area contributed by atoms with Crippen LogP contribution in [0.15, 0.2) is 82.4 Å².